The SMILES string of the molecule is CC(C)C(C)C(=O)NCC1(C)COC1. The summed E-state index contributed by atoms with van der Waals surface area (Å²) in [6.45, 7) is 10.5. The lowest BCUT2D eigenvalue weighted by molar-refractivity contribution is -0.130. The predicted molar refractivity (Wildman–Crippen MR) is 55.9 cm³/mol. The van der Waals surface area contributed by atoms with Crippen molar-refractivity contribution in [1.29, 1.82) is 0 Å². The Balaban J connectivity index is 2.27. The minimum absolute atomic E-state index is 0.0968. The van der Waals surface area contributed by atoms with Crippen LogP contribution in [0.25, 0.3) is 0 Å². The Morgan fingerprint density at radius 1 is 1.43 bits per heavy atom. The topological polar surface area (TPSA) is 38.3 Å². The van der Waals surface area contributed by atoms with E-state index in [1.807, 2.05) is 6.92 Å². The minimum Gasteiger partial charge on any atom is -0.380 e. The van der Waals surface area contributed by atoms with E-state index < -0.39 is 0 Å². The molecule has 1 atom stereocenters. The molecule has 0 bridgehead atoms. The molecule has 0 radical (unpaired) electrons. The number of nitrogens with one attached hydrogen (secondary N) is 1. The zero-order valence-corrected chi connectivity index (χ0v) is 9.59. The number of ether oxygens (including phenoxy) is 1. The highest BCUT2D eigenvalue weighted by molar-refractivity contribution is 5.78. The van der Waals surface area contributed by atoms with Crippen LogP contribution in [0.15, 0.2) is 0 Å². The first-order valence-electron chi connectivity index (χ1n) is 5.30. The Labute approximate surface area is 86.2 Å². The minimum atomic E-state index is 0.0968. The van der Waals surface area contributed by atoms with Crippen molar-refractivity contribution >= 4 is 5.91 Å². The zero-order chi connectivity index (χ0) is 10.8. The summed E-state index contributed by atoms with van der Waals surface area (Å²) in [4.78, 5) is 11.6. The van der Waals surface area contributed by atoms with Crippen molar-refractivity contribution in [3.63, 3.8) is 0 Å². The fourth-order valence-corrected chi connectivity index (χ4v) is 1.32. The van der Waals surface area contributed by atoms with Crippen LogP contribution in [0, 0.1) is 17.3 Å². The molecule has 1 aliphatic rings. The van der Waals surface area contributed by atoms with Gasteiger partial charge in [0.2, 0.25) is 5.91 Å². The molecule has 14 heavy (non-hydrogen) atoms. The fraction of sp³-hybridized carbons (Fsp3) is 0.909. The number of amides is 1. The summed E-state index contributed by atoms with van der Waals surface area (Å²) in [6.07, 6.45) is 0. The van der Waals surface area contributed by atoms with Crippen LogP contribution in [-0.4, -0.2) is 25.7 Å². The molecule has 0 spiro atoms. The van der Waals surface area contributed by atoms with Crippen molar-refractivity contribution < 1.29 is 9.53 Å². The van der Waals surface area contributed by atoms with Crippen LogP contribution in [0.5, 0.6) is 0 Å². The molecule has 0 aliphatic carbocycles. The maximum atomic E-state index is 11.6. The van der Waals surface area contributed by atoms with Gasteiger partial charge >= 0.3 is 0 Å². The van der Waals surface area contributed by atoms with Crippen LogP contribution in [0.3, 0.4) is 0 Å². The molecule has 1 aliphatic heterocycles. The van der Waals surface area contributed by atoms with E-state index in [1.165, 1.54) is 0 Å². The quantitative estimate of drug-likeness (QED) is 0.744. The van der Waals surface area contributed by atoms with Gasteiger partial charge in [0, 0.05) is 17.9 Å². The van der Waals surface area contributed by atoms with Crippen molar-refractivity contribution in [3.05, 3.63) is 0 Å². The first-order chi connectivity index (χ1) is 6.44. The van der Waals surface area contributed by atoms with Gasteiger partial charge in [0.15, 0.2) is 0 Å². The third-order valence-electron chi connectivity index (χ3n) is 3.00. The van der Waals surface area contributed by atoms with E-state index >= 15 is 0 Å². The summed E-state index contributed by atoms with van der Waals surface area (Å²) in [6, 6.07) is 0. The molecule has 1 amide bonds. The molecular formula is C11H21NO2. The maximum Gasteiger partial charge on any atom is 0.223 e. The molecule has 0 saturated carbocycles. The molecule has 0 aromatic rings. The number of rotatable bonds is 4. The van der Waals surface area contributed by atoms with Gasteiger partial charge in [-0.25, -0.2) is 0 Å². The van der Waals surface area contributed by atoms with Gasteiger partial charge in [-0.05, 0) is 5.92 Å². The molecular weight excluding hydrogens is 178 g/mol. The van der Waals surface area contributed by atoms with Gasteiger partial charge in [0.1, 0.15) is 0 Å². The van der Waals surface area contributed by atoms with Crippen LogP contribution in [-0.2, 0) is 9.53 Å². The van der Waals surface area contributed by atoms with E-state index in [2.05, 4.69) is 26.1 Å². The summed E-state index contributed by atoms with van der Waals surface area (Å²) in [5.74, 6) is 0.660. The highest BCUT2D eigenvalue weighted by Gasteiger charge is 2.34. The van der Waals surface area contributed by atoms with Crippen molar-refractivity contribution in [2.24, 2.45) is 17.3 Å². The van der Waals surface area contributed by atoms with Crippen LogP contribution in [0.2, 0.25) is 0 Å². The van der Waals surface area contributed by atoms with E-state index in [4.69, 9.17) is 4.74 Å². The van der Waals surface area contributed by atoms with E-state index in [0.29, 0.717) is 5.92 Å². The Hall–Kier alpha value is -0.570. The van der Waals surface area contributed by atoms with E-state index in [9.17, 15) is 4.79 Å². The van der Waals surface area contributed by atoms with Crippen LogP contribution in [0.4, 0.5) is 0 Å². The van der Waals surface area contributed by atoms with Crippen molar-refractivity contribution in [1.82, 2.24) is 5.32 Å². The lowest BCUT2D eigenvalue weighted by atomic mass is 9.88. The largest absolute Gasteiger partial charge is 0.380 e. The molecule has 3 nitrogen and oxygen atoms in total. The molecule has 1 rings (SSSR count). The lowest BCUT2D eigenvalue weighted by Crippen LogP contribution is -2.49. The Kier molecular flexibility index (Phi) is 3.53. The van der Waals surface area contributed by atoms with Crippen LogP contribution in [0.1, 0.15) is 27.7 Å². The Morgan fingerprint density at radius 2 is 2.00 bits per heavy atom. The highest BCUT2D eigenvalue weighted by atomic mass is 16.5. The molecule has 0 aromatic carbocycles. The summed E-state index contributed by atoms with van der Waals surface area (Å²) in [5, 5.41) is 2.99. The maximum absolute atomic E-state index is 11.6. The highest BCUT2D eigenvalue weighted by Crippen LogP contribution is 2.25. The summed E-state index contributed by atoms with van der Waals surface area (Å²) < 4.78 is 5.13. The summed E-state index contributed by atoms with van der Waals surface area (Å²) in [5.41, 5.74) is 0.173. The van der Waals surface area contributed by atoms with Crippen LogP contribution < -0.4 is 5.32 Å². The third-order valence-corrected chi connectivity index (χ3v) is 3.00. The average Bonchev–Trinajstić information content (AvgIpc) is 2.09. The van der Waals surface area contributed by atoms with Crippen molar-refractivity contribution in [2.75, 3.05) is 19.8 Å². The van der Waals surface area contributed by atoms with Crippen molar-refractivity contribution in [3.8, 4) is 0 Å². The molecule has 1 N–H and O–H groups in total. The van der Waals surface area contributed by atoms with E-state index in [1.54, 1.807) is 0 Å². The zero-order valence-electron chi connectivity index (χ0n) is 9.59. The number of hydrogen-bond donors (Lipinski definition) is 1. The molecule has 1 saturated heterocycles. The predicted octanol–water partition coefficient (Wildman–Crippen LogP) is 1.43. The van der Waals surface area contributed by atoms with Crippen molar-refractivity contribution in [2.45, 2.75) is 27.7 Å². The molecule has 1 fully saturated rings. The van der Waals surface area contributed by atoms with Gasteiger partial charge in [-0.15, -0.1) is 0 Å². The molecule has 3 heteroatoms. The van der Waals surface area contributed by atoms with Gasteiger partial charge in [-0.3, -0.25) is 4.79 Å². The monoisotopic (exact) mass is 199 g/mol. The smallest absolute Gasteiger partial charge is 0.223 e. The number of carbonyl (C=O) groups excluding carboxylic acids is 1. The van der Waals surface area contributed by atoms with E-state index in [0.717, 1.165) is 19.8 Å². The lowest BCUT2D eigenvalue weighted by Gasteiger charge is -2.38. The standard InChI is InChI=1S/C11H21NO2/c1-8(2)9(3)10(13)12-5-11(4)6-14-7-11/h8-9H,5-7H2,1-4H3,(H,12,13). The Bertz CT molecular complexity index is 209. The number of carbonyl (C=O) groups is 1. The van der Waals surface area contributed by atoms with Gasteiger partial charge < -0.3 is 10.1 Å². The second-order valence-electron chi connectivity index (χ2n) is 5.05. The van der Waals surface area contributed by atoms with Gasteiger partial charge in [-0.2, -0.15) is 0 Å². The van der Waals surface area contributed by atoms with Gasteiger partial charge in [0.25, 0.3) is 0 Å². The molecule has 1 unspecified atom stereocenters. The summed E-state index contributed by atoms with van der Waals surface area (Å²) in [7, 11) is 0. The normalized spacial score (nSPS) is 21.5. The Morgan fingerprint density at radius 3 is 2.36 bits per heavy atom. The first kappa shape index (κ1) is 11.5. The second-order valence-corrected chi connectivity index (χ2v) is 5.05. The molecule has 82 valence electrons. The fourth-order valence-electron chi connectivity index (χ4n) is 1.32. The summed E-state index contributed by atoms with van der Waals surface area (Å²) >= 11 is 0. The number of hydrogen-bond acceptors (Lipinski definition) is 2. The first-order valence-corrected chi connectivity index (χ1v) is 5.30. The van der Waals surface area contributed by atoms with Gasteiger partial charge in [0.05, 0.1) is 13.2 Å². The van der Waals surface area contributed by atoms with E-state index in [-0.39, 0.29) is 17.2 Å². The van der Waals surface area contributed by atoms with Gasteiger partial charge in [-0.1, -0.05) is 27.7 Å². The second kappa shape index (κ2) is 4.30. The molecule has 1 heterocycles. The molecule has 0 aromatic heterocycles. The van der Waals surface area contributed by atoms with Crippen LogP contribution >= 0.6 is 0 Å². The third kappa shape index (κ3) is 2.71. The average molecular weight is 199 g/mol.